The monoisotopic (exact) mass is 290 g/mol. The molecule has 4 heteroatoms. The molecule has 1 aromatic heterocycles. The lowest BCUT2D eigenvalue weighted by Crippen LogP contribution is -2.13. The normalized spacial score (nSPS) is 11.5. The van der Waals surface area contributed by atoms with Crippen LogP contribution in [0.1, 0.15) is 37.7 Å². The zero-order valence-electron chi connectivity index (χ0n) is 12.5. The highest BCUT2D eigenvalue weighted by molar-refractivity contribution is 6.29. The summed E-state index contributed by atoms with van der Waals surface area (Å²) >= 11 is 5.94. The Kier molecular flexibility index (Phi) is 4.00. The molecule has 0 aliphatic heterocycles. The zero-order valence-corrected chi connectivity index (χ0v) is 13.2. The smallest absolute Gasteiger partial charge is 0.224 e. The van der Waals surface area contributed by atoms with E-state index >= 15 is 0 Å². The van der Waals surface area contributed by atoms with Gasteiger partial charge in [0.1, 0.15) is 16.7 Å². The van der Waals surface area contributed by atoms with E-state index in [-0.39, 0.29) is 5.41 Å². The van der Waals surface area contributed by atoms with Gasteiger partial charge in [-0.2, -0.15) is 4.98 Å². The van der Waals surface area contributed by atoms with Gasteiger partial charge in [-0.25, -0.2) is 4.98 Å². The minimum absolute atomic E-state index is 0.00672. The molecule has 0 spiro atoms. The van der Waals surface area contributed by atoms with Gasteiger partial charge in [0.15, 0.2) is 0 Å². The standard InChI is InChI=1S/C16H19ClN2O/c1-10-6-7-13(12(8-10)16(3,4)5)20-15-9-14(17)18-11(2)19-15/h6-9H,1-5H3. The number of nitrogens with zero attached hydrogens (tertiary/aromatic N) is 2. The molecule has 1 aromatic carbocycles. The fourth-order valence-electron chi connectivity index (χ4n) is 1.99. The number of aromatic nitrogens is 2. The molecule has 2 rings (SSSR count). The summed E-state index contributed by atoms with van der Waals surface area (Å²) in [5, 5.41) is 0.386. The molecule has 0 saturated heterocycles. The van der Waals surface area contributed by atoms with Crippen molar-refractivity contribution in [2.45, 2.75) is 40.0 Å². The van der Waals surface area contributed by atoms with Crippen LogP contribution in [0.4, 0.5) is 0 Å². The van der Waals surface area contributed by atoms with E-state index in [1.807, 2.05) is 12.1 Å². The van der Waals surface area contributed by atoms with Crippen molar-refractivity contribution < 1.29 is 4.74 Å². The van der Waals surface area contributed by atoms with Gasteiger partial charge in [0.2, 0.25) is 5.88 Å². The lowest BCUT2D eigenvalue weighted by atomic mass is 9.85. The van der Waals surface area contributed by atoms with Crippen molar-refractivity contribution in [3.05, 3.63) is 46.4 Å². The van der Waals surface area contributed by atoms with Crippen molar-refractivity contribution in [1.82, 2.24) is 9.97 Å². The summed E-state index contributed by atoms with van der Waals surface area (Å²) < 4.78 is 5.92. The third-order valence-electron chi connectivity index (χ3n) is 2.94. The van der Waals surface area contributed by atoms with E-state index in [0.717, 1.165) is 11.3 Å². The van der Waals surface area contributed by atoms with E-state index in [1.165, 1.54) is 5.56 Å². The quantitative estimate of drug-likeness (QED) is 0.743. The molecule has 0 fully saturated rings. The number of hydrogen-bond acceptors (Lipinski definition) is 3. The third-order valence-corrected chi connectivity index (χ3v) is 3.13. The molecule has 0 radical (unpaired) electrons. The maximum atomic E-state index is 5.94. The number of ether oxygens (including phenoxy) is 1. The van der Waals surface area contributed by atoms with E-state index in [2.05, 4.69) is 43.7 Å². The van der Waals surface area contributed by atoms with Gasteiger partial charge in [0.05, 0.1) is 0 Å². The Morgan fingerprint density at radius 2 is 1.75 bits per heavy atom. The fourth-order valence-corrected chi connectivity index (χ4v) is 2.21. The molecule has 3 nitrogen and oxygen atoms in total. The largest absolute Gasteiger partial charge is 0.439 e. The van der Waals surface area contributed by atoms with Gasteiger partial charge in [-0.15, -0.1) is 0 Å². The first kappa shape index (κ1) is 14.8. The Bertz CT molecular complexity index is 613. The van der Waals surface area contributed by atoms with Gasteiger partial charge in [-0.05, 0) is 25.3 Å². The SMILES string of the molecule is Cc1ccc(Oc2cc(Cl)nc(C)n2)c(C(C)(C)C)c1. The molecule has 0 atom stereocenters. The van der Waals surface area contributed by atoms with Gasteiger partial charge in [-0.3, -0.25) is 0 Å². The average molecular weight is 291 g/mol. The number of hydrogen-bond donors (Lipinski definition) is 0. The van der Waals surface area contributed by atoms with Crippen molar-refractivity contribution in [2.75, 3.05) is 0 Å². The van der Waals surface area contributed by atoms with Crippen LogP contribution in [0.15, 0.2) is 24.3 Å². The van der Waals surface area contributed by atoms with Gasteiger partial charge in [0, 0.05) is 11.6 Å². The van der Waals surface area contributed by atoms with Crippen LogP contribution in [0.25, 0.3) is 0 Å². The van der Waals surface area contributed by atoms with Crippen LogP contribution in [0.5, 0.6) is 11.6 Å². The van der Waals surface area contributed by atoms with E-state index in [9.17, 15) is 0 Å². The summed E-state index contributed by atoms with van der Waals surface area (Å²) in [6, 6.07) is 7.77. The highest BCUT2D eigenvalue weighted by Crippen LogP contribution is 2.34. The first-order valence-corrected chi connectivity index (χ1v) is 6.94. The number of rotatable bonds is 2. The average Bonchev–Trinajstić information content (AvgIpc) is 2.28. The van der Waals surface area contributed by atoms with Gasteiger partial charge in [0.25, 0.3) is 0 Å². The molecule has 0 aliphatic rings. The topological polar surface area (TPSA) is 35.0 Å². The summed E-state index contributed by atoms with van der Waals surface area (Å²) in [4.78, 5) is 8.29. The molecule has 0 aliphatic carbocycles. The van der Waals surface area contributed by atoms with Crippen LogP contribution in [0.2, 0.25) is 5.15 Å². The number of aryl methyl sites for hydroxylation is 2. The highest BCUT2D eigenvalue weighted by atomic mass is 35.5. The minimum Gasteiger partial charge on any atom is -0.439 e. The molecular weight excluding hydrogens is 272 g/mol. The molecule has 106 valence electrons. The van der Waals surface area contributed by atoms with Crippen molar-refractivity contribution in [1.29, 1.82) is 0 Å². The molecular formula is C16H19ClN2O. The summed E-state index contributed by atoms with van der Waals surface area (Å²) in [7, 11) is 0. The fraction of sp³-hybridized carbons (Fsp3) is 0.375. The Morgan fingerprint density at radius 1 is 1.05 bits per heavy atom. The van der Waals surface area contributed by atoms with Crippen LogP contribution in [-0.4, -0.2) is 9.97 Å². The van der Waals surface area contributed by atoms with Crippen molar-refractivity contribution >= 4 is 11.6 Å². The first-order valence-electron chi connectivity index (χ1n) is 6.56. The van der Waals surface area contributed by atoms with Crippen molar-refractivity contribution in [2.24, 2.45) is 0 Å². The molecule has 2 aromatic rings. The maximum Gasteiger partial charge on any atom is 0.224 e. The van der Waals surface area contributed by atoms with Crippen LogP contribution < -0.4 is 4.74 Å². The second kappa shape index (κ2) is 5.41. The Labute approximate surface area is 125 Å². The van der Waals surface area contributed by atoms with E-state index in [4.69, 9.17) is 16.3 Å². The number of benzene rings is 1. The second-order valence-corrected chi connectivity index (χ2v) is 6.32. The van der Waals surface area contributed by atoms with Gasteiger partial charge in [-0.1, -0.05) is 50.1 Å². The molecule has 0 saturated carbocycles. The lowest BCUT2D eigenvalue weighted by Gasteiger charge is -2.23. The molecule has 0 unspecified atom stereocenters. The predicted octanol–water partition coefficient (Wildman–Crippen LogP) is 4.84. The number of halogens is 1. The van der Waals surface area contributed by atoms with Crippen LogP contribution in [-0.2, 0) is 5.41 Å². The molecule has 0 bridgehead atoms. The lowest BCUT2D eigenvalue weighted by molar-refractivity contribution is 0.437. The molecule has 20 heavy (non-hydrogen) atoms. The Morgan fingerprint density at radius 3 is 2.35 bits per heavy atom. The Hall–Kier alpha value is -1.61. The highest BCUT2D eigenvalue weighted by Gasteiger charge is 2.20. The van der Waals surface area contributed by atoms with Crippen LogP contribution >= 0.6 is 11.6 Å². The maximum absolute atomic E-state index is 5.94. The van der Waals surface area contributed by atoms with E-state index in [1.54, 1.807) is 13.0 Å². The summed E-state index contributed by atoms with van der Waals surface area (Å²) in [5.74, 6) is 1.87. The van der Waals surface area contributed by atoms with E-state index < -0.39 is 0 Å². The van der Waals surface area contributed by atoms with Gasteiger partial charge >= 0.3 is 0 Å². The molecule has 0 N–H and O–H groups in total. The first-order chi connectivity index (χ1) is 9.25. The zero-order chi connectivity index (χ0) is 14.9. The Balaban J connectivity index is 2.43. The minimum atomic E-state index is -0.00672. The molecule has 1 heterocycles. The van der Waals surface area contributed by atoms with E-state index in [0.29, 0.717) is 16.9 Å². The van der Waals surface area contributed by atoms with Crippen LogP contribution in [0, 0.1) is 13.8 Å². The third kappa shape index (κ3) is 3.48. The summed E-state index contributed by atoms with van der Waals surface area (Å²) in [6.45, 7) is 10.3. The molecule has 0 amide bonds. The second-order valence-electron chi connectivity index (χ2n) is 5.93. The van der Waals surface area contributed by atoms with Crippen molar-refractivity contribution in [3.63, 3.8) is 0 Å². The predicted molar refractivity (Wildman–Crippen MR) is 81.7 cm³/mol. The summed E-state index contributed by atoms with van der Waals surface area (Å²) in [5.41, 5.74) is 2.34. The summed E-state index contributed by atoms with van der Waals surface area (Å²) in [6.07, 6.45) is 0. The van der Waals surface area contributed by atoms with Crippen molar-refractivity contribution in [3.8, 4) is 11.6 Å². The van der Waals surface area contributed by atoms with Crippen LogP contribution in [0.3, 0.4) is 0 Å². The van der Waals surface area contributed by atoms with Gasteiger partial charge < -0.3 is 4.74 Å².